The van der Waals surface area contributed by atoms with Gasteiger partial charge in [0.25, 0.3) is 11.8 Å². The van der Waals surface area contributed by atoms with E-state index in [1.165, 1.54) is 12.1 Å². The Labute approximate surface area is 190 Å². The number of nitrogens with zero attached hydrogens (tertiary/aromatic N) is 3. The smallest absolute Gasteiger partial charge is 0.264 e. The van der Waals surface area contributed by atoms with E-state index in [0.29, 0.717) is 26.2 Å². The van der Waals surface area contributed by atoms with Gasteiger partial charge in [0.15, 0.2) is 0 Å². The van der Waals surface area contributed by atoms with Crippen LogP contribution in [0.4, 0.5) is 10.1 Å². The van der Waals surface area contributed by atoms with E-state index in [-0.39, 0.29) is 41.8 Å². The Kier molecular flexibility index (Phi) is 5.65. The summed E-state index contributed by atoms with van der Waals surface area (Å²) in [6.07, 6.45) is 3.55. The molecular formula is C23H27FN4O5. The second-order valence-corrected chi connectivity index (χ2v) is 9.21. The van der Waals surface area contributed by atoms with Crippen molar-refractivity contribution in [3.05, 3.63) is 29.1 Å². The molecule has 176 valence electrons. The van der Waals surface area contributed by atoms with E-state index in [4.69, 9.17) is 0 Å². The lowest BCUT2D eigenvalue weighted by molar-refractivity contribution is -0.136. The Hall–Kier alpha value is -2.85. The van der Waals surface area contributed by atoms with E-state index in [0.717, 1.165) is 30.6 Å². The lowest BCUT2D eigenvalue weighted by atomic mass is 9.91. The number of hydrogen-bond acceptors (Lipinski definition) is 7. The molecule has 1 aromatic carbocycles. The van der Waals surface area contributed by atoms with Crippen LogP contribution in [-0.4, -0.2) is 82.9 Å². The monoisotopic (exact) mass is 458 g/mol. The third-order valence-electron chi connectivity index (χ3n) is 7.33. The molecule has 9 nitrogen and oxygen atoms in total. The van der Waals surface area contributed by atoms with Crippen molar-refractivity contribution >= 4 is 29.3 Å². The third kappa shape index (κ3) is 3.71. The minimum absolute atomic E-state index is 0.0177. The van der Waals surface area contributed by atoms with Crippen molar-refractivity contribution in [2.45, 2.75) is 56.7 Å². The number of carbonyl (C=O) groups excluding carboxylic acids is 4. The summed E-state index contributed by atoms with van der Waals surface area (Å²) in [5.41, 5.74) is 0.145. The van der Waals surface area contributed by atoms with Gasteiger partial charge in [0.05, 0.1) is 22.9 Å². The Balaban J connectivity index is 1.39. The Morgan fingerprint density at radius 2 is 1.67 bits per heavy atom. The highest BCUT2D eigenvalue weighted by Crippen LogP contribution is 2.37. The van der Waals surface area contributed by atoms with Crippen molar-refractivity contribution in [1.82, 2.24) is 15.1 Å². The highest BCUT2D eigenvalue weighted by Gasteiger charge is 2.47. The van der Waals surface area contributed by atoms with Crippen molar-refractivity contribution in [2.75, 3.05) is 31.1 Å². The Bertz CT molecular complexity index is 1020. The molecule has 33 heavy (non-hydrogen) atoms. The van der Waals surface area contributed by atoms with E-state index in [2.05, 4.69) is 10.2 Å². The number of halogens is 1. The fourth-order valence-electron chi connectivity index (χ4n) is 5.62. The molecule has 0 aromatic heterocycles. The fourth-order valence-corrected chi connectivity index (χ4v) is 5.62. The molecule has 0 spiro atoms. The Morgan fingerprint density at radius 1 is 0.939 bits per heavy atom. The average Bonchev–Trinajstić information content (AvgIpc) is 3.04. The predicted octanol–water partition coefficient (Wildman–Crippen LogP) is 0.652. The molecule has 0 bridgehead atoms. The van der Waals surface area contributed by atoms with E-state index in [9.17, 15) is 24.3 Å². The van der Waals surface area contributed by atoms with Crippen LogP contribution in [0.15, 0.2) is 12.1 Å². The molecule has 3 atom stereocenters. The number of hydrogen-bond donors (Lipinski definition) is 2. The Morgan fingerprint density at radius 3 is 2.36 bits per heavy atom. The fraction of sp³-hybridized carbons (Fsp3) is 0.565. The lowest BCUT2D eigenvalue weighted by Crippen LogP contribution is -2.55. The first kappa shape index (κ1) is 22.0. The maximum absolute atomic E-state index is 15.0. The molecular weight excluding hydrogens is 431 g/mol. The summed E-state index contributed by atoms with van der Waals surface area (Å²) in [4.78, 5) is 55.0. The number of aliphatic hydroxyl groups is 1. The molecule has 2 saturated heterocycles. The third-order valence-corrected chi connectivity index (χ3v) is 7.33. The molecule has 1 unspecified atom stereocenters. The standard InChI is InChI=1S/C23H27FN4O5/c24-14-6-5-13-19(23(33)28(22(13)32)16-7-8-18(30)25-21(16)31)20(14)27-11-9-26(10-12-27)15-3-1-2-4-17(15)29/h5-6,15-17,29H,1-4,7-12H2,(H,25,30,31)/t15-,16?,17-/m1/s1. The van der Waals surface area contributed by atoms with Crippen LogP contribution in [0.25, 0.3) is 0 Å². The summed E-state index contributed by atoms with van der Waals surface area (Å²) in [5.74, 6) is -3.08. The molecule has 3 heterocycles. The molecule has 3 aliphatic heterocycles. The first-order valence-corrected chi connectivity index (χ1v) is 11.6. The van der Waals surface area contributed by atoms with Gasteiger partial charge in [-0.3, -0.25) is 34.3 Å². The van der Waals surface area contributed by atoms with Crippen LogP contribution in [0.2, 0.25) is 0 Å². The molecule has 1 saturated carbocycles. The summed E-state index contributed by atoms with van der Waals surface area (Å²) < 4.78 is 15.0. The highest BCUT2D eigenvalue weighted by atomic mass is 19.1. The average molecular weight is 458 g/mol. The number of rotatable bonds is 3. The summed E-state index contributed by atoms with van der Waals surface area (Å²) in [6.45, 7) is 2.14. The molecule has 1 aromatic rings. The van der Waals surface area contributed by atoms with Gasteiger partial charge in [-0.1, -0.05) is 12.8 Å². The van der Waals surface area contributed by atoms with Crippen molar-refractivity contribution in [2.24, 2.45) is 0 Å². The number of amides is 4. The predicted molar refractivity (Wildman–Crippen MR) is 115 cm³/mol. The number of benzene rings is 1. The first-order chi connectivity index (χ1) is 15.9. The van der Waals surface area contributed by atoms with Gasteiger partial charge in [0, 0.05) is 38.6 Å². The van der Waals surface area contributed by atoms with Crippen LogP contribution in [0.5, 0.6) is 0 Å². The van der Waals surface area contributed by atoms with Crippen LogP contribution in [-0.2, 0) is 9.59 Å². The van der Waals surface area contributed by atoms with Crippen molar-refractivity contribution < 1.29 is 28.7 Å². The van der Waals surface area contributed by atoms with Gasteiger partial charge in [0.2, 0.25) is 11.8 Å². The number of aliphatic hydroxyl groups excluding tert-OH is 1. The minimum Gasteiger partial charge on any atom is -0.391 e. The number of nitrogens with one attached hydrogen (secondary N) is 1. The molecule has 4 aliphatic rings. The molecule has 1 aliphatic carbocycles. The number of carbonyl (C=O) groups is 4. The number of fused-ring (bicyclic) bond motifs is 1. The van der Waals surface area contributed by atoms with Crippen LogP contribution in [0.3, 0.4) is 0 Å². The van der Waals surface area contributed by atoms with Crippen molar-refractivity contribution in [3.8, 4) is 0 Å². The van der Waals surface area contributed by atoms with Crippen LogP contribution >= 0.6 is 0 Å². The molecule has 5 rings (SSSR count). The summed E-state index contributed by atoms with van der Waals surface area (Å²) in [6, 6.07) is 1.48. The van der Waals surface area contributed by atoms with Gasteiger partial charge in [-0.2, -0.15) is 0 Å². The zero-order valence-corrected chi connectivity index (χ0v) is 18.3. The normalized spacial score (nSPS) is 28.8. The lowest BCUT2D eigenvalue weighted by Gasteiger charge is -2.43. The van der Waals surface area contributed by atoms with E-state index < -0.39 is 35.5 Å². The van der Waals surface area contributed by atoms with Crippen molar-refractivity contribution in [1.29, 1.82) is 0 Å². The second-order valence-electron chi connectivity index (χ2n) is 9.21. The molecule has 10 heteroatoms. The van der Waals surface area contributed by atoms with E-state index in [1.807, 2.05) is 0 Å². The maximum Gasteiger partial charge on any atom is 0.264 e. The molecule has 2 N–H and O–H groups in total. The van der Waals surface area contributed by atoms with Gasteiger partial charge in [0.1, 0.15) is 11.9 Å². The van der Waals surface area contributed by atoms with Gasteiger partial charge in [-0.15, -0.1) is 0 Å². The van der Waals surface area contributed by atoms with Crippen LogP contribution in [0, 0.1) is 5.82 Å². The van der Waals surface area contributed by atoms with Gasteiger partial charge in [-0.25, -0.2) is 4.39 Å². The summed E-state index contributed by atoms with van der Waals surface area (Å²) >= 11 is 0. The largest absolute Gasteiger partial charge is 0.391 e. The number of anilines is 1. The molecule has 4 amide bonds. The number of piperazine rings is 1. The summed E-state index contributed by atoms with van der Waals surface area (Å²) in [7, 11) is 0. The summed E-state index contributed by atoms with van der Waals surface area (Å²) in [5, 5.41) is 12.5. The van der Waals surface area contributed by atoms with Crippen LogP contribution in [0.1, 0.15) is 59.2 Å². The quantitative estimate of drug-likeness (QED) is 0.640. The SMILES string of the molecule is O=C1CCC(N2C(=O)c3ccc(F)c(N4CCN([C@@H]5CCCC[C@H]5O)CC4)c3C2=O)C(=O)N1. The van der Waals surface area contributed by atoms with Crippen molar-refractivity contribution in [3.63, 3.8) is 0 Å². The van der Waals surface area contributed by atoms with Gasteiger partial charge >= 0.3 is 0 Å². The molecule has 3 fully saturated rings. The van der Waals surface area contributed by atoms with Crippen LogP contribution < -0.4 is 10.2 Å². The number of piperidine rings is 1. The number of imide groups is 2. The second kappa shape index (κ2) is 8.49. The van der Waals surface area contributed by atoms with E-state index >= 15 is 4.39 Å². The highest BCUT2D eigenvalue weighted by molar-refractivity contribution is 6.25. The minimum atomic E-state index is -1.09. The van der Waals surface area contributed by atoms with E-state index in [1.54, 1.807) is 4.90 Å². The zero-order valence-electron chi connectivity index (χ0n) is 18.3. The van der Waals surface area contributed by atoms with Gasteiger partial charge in [-0.05, 0) is 31.4 Å². The zero-order chi connectivity index (χ0) is 23.3. The first-order valence-electron chi connectivity index (χ1n) is 11.6. The van der Waals surface area contributed by atoms with Gasteiger partial charge < -0.3 is 10.0 Å². The maximum atomic E-state index is 15.0. The topological polar surface area (TPSA) is 110 Å². The molecule has 0 radical (unpaired) electrons.